The Kier molecular flexibility index (Phi) is 4.16. The standard InChI is InChI=1S/C24H19FN2O2/c1-15-6-8-16(9-7-15)20-14-21-19-4-2-3-5-22(19)29-24(27(21)26-20)23(28)17-10-12-18(25)13-11-17/h2-13,21,24H,14H2,1H3. The van der Waals surface area contributed by atoms with E-state index in [1.807, 2.05) is 31.2 Å². The first-order valence-electron chi connectivity index (χ1n) is 9.58. The molecule has 0 saturated heterocycles. The average molecular weight is 386 g/mol. The second-order valence-corrected chi connectivity index (χ2v) is 7.39. The number of benzene rings is 3. The van der Waals surface area contributed by atoms with Crippen LogP contribution < -0.4 is 4.74 Å². The molecule has 0 saturated carbocycles. The molecular formula is C24H19FN2O2. The number of rotatable bonds is 3. The van der Waals surface area contributed by atoms with Gasteiger partial charge in [0.05, 0.1) is 11.8 Å². The van der Waals surface area contributed by atoms with Gasteiger partial charge in [-0.1, -0.05) is 48.0 Å². The van der Waals surface area contributed by atoms with E-state index in [1.54, 1.807) is 5.01 Å². The van der Waals surface area contributed by atoms with Gasteiger partial charge in [0.25, 0.3) is 6.23 Å². The molecule has 2 atom stereocenters. The van der Waals surface area contributed by atoms with E-state index in [-0.39, 0.29) is 17.6 Å². The molecule has 2 aliphatic rings. The third kappa shape index (κ3) is 3.09. The number of ether oxygens (including phenoxy) is 1. The van der Waals surface area contributed by atoms with E-state index < -0.39 is 6.23 Å². The Balaban J connectivity index is 1.55. The molecule has 2 unspecified atom stereocenters. The van der Waals surface area contributed by atoms with E-state index in [0.29, 0.717) is 17.7 Å². The summed E-state index contributed by atoms with van der Waals surface area (Å²) in [5.74, 6) is 0.0724. The first kappa shape index (κ1) is 17.6. The largest absolute Gasteiger partial charge is 0.461 e. The van der Waals surface area contributed by atoms with Crippen LogP contribution in [0.1, 0.15) is 39.5 Å². The lowest BCUT2D eigenvalue weighted by Crippen LogP contribution is -2.45. The lowest BCUT2D eigenvalue weighted by Gasteiger charge is -2.37. The monoisotopic (exact) mass is 386 g/mol. The summed E-state index contributed by atoms with van der Waals surface area (Å²) in [6, 6.07) is 21.4. The zero-order valence-corrected chi connectivity index (χ0v) is 15.9. The van der Waals surface area contributed by atoms with E-state index in [9.17, 15) is 9.18 Å². The van der Waals surface area contributed by atoms with Gasteiger partial charge in [0, 0.05) is 17.5 Å². The van der Waals surface area contributed by atoms with E-state index in [1.165, 1.54) is 29.8 Å². The maximum Gasteiger partial charge on any atom is 0.251 e. The number of hydrogen-bond acceptors (Lipinski definition) is 4. The number of para-hydroxylation sites is 1. The quantitative estimate of drug-likeness (QED) is 0.602. The Labute approximate surface area is 168 Å². The van der Waals surface area contributed by atoms with Crippen LogP contribution in [0.25, 0.3) is 0 Å². The molecule has 0 radical (unpaired) electrons. The van der Waals surface area contributed by atoms with Crippen LogP contribution in [-0.2, 0) is 0 Å². The number of ketones is 1. The second kappa shape index (κ2) is 6.85. The molecule has 5 heteroatoms. The molecule has 2 heterocycles. The zero-order chi connectivity index (χ0) is 20.0. The summed E-state index contributed by atoms with van der Waals surface area (Å²) in [4.78, 5) is 13.2. The fourth-order valence-corrected chi connectivity index (χ4v) is 3.88. The lowest BCUT2D eigenvalue weighted by atomic mass is 9.95. The maximum atomic E-state index is 13.3. The lowest BCUT2D eigenvalue weighted by molar-refractivity contribution is -0.00456. The fraction of sp³-hybridized carbons (Fsp3) is 0.167. The van der Waals surface area contributed by atoms with Crippen molar-refractivity contribution in [2.24, 2.45) is 5.10 Å². The van der Waals surface area contributed by atoms with Crippen LogP contribution in [0.4, 0.5) is 4.39 Å². The highest BCUT2D eigenvalue weighted by Crippen LogP contribution is 2.43. The summed E-state index contributed by atoms with van der Waals surface area (Å²) in [5, 5.41) is 6.54. The van der Waals surface area contributed by atoms with Crippen LogP contribution >= 0.6 is 0 Å². The summed E-state index contributed by atoms with van der Waals surface area (Å²) in [6.45, 7) is 2.05. The van der Waals surface area contributed by atoms with Crippen LogP contribution in [0.3, 0.4) is 0 Å². The number of carbonyl (C=O) groups is 1. The highest BCUT2D eigenvalue weighted by Gasteiger charge is 2.43. The average Bonchev–Trinajstić information content (AvgIpc) is 3.19. The van der Waals surface area contributed by atoms with Gasteiger partial charge in [-0.3, -0.25) is 4.79 Å². The van der Waals surface area contributed by atoms with Gasteiger partial charge in [-0.15, -0.1) is 0 Å². The minimum absolute atomic E-state index is 0.0781. The van der Waals surface area contributed by atoms with Crippen molar-refractivity contribution in [3.63, 3.8) is 0 Å². The van der Waals surface area contributed by atoms with Gasteiger partial charge in [-0.05, 0) is 42.8 Å². The van der Waals surface area contributed by atoms with Crippen LogP contribution in [0.15, 0.2) is 77.9 Å². The van der Waals surface area contributed by atoms with Crippen molar-refractivity contribution in [3.8, 4) is 5.75 Å². The number of nitrogens with zero attached hydrogens (tertiary/aromatic N) is 2. The van der Waals surface area contributed by atoms with Gasteiger partial charge in [0.15, 0.2) is 0 Å². The van der Waals surface area contributed by atoms with Gasteiger partial charge in [-0.25, -0.2) is 9.40 Å². The first-order chi connectivity index (χ1) is 14.1. The van der Waals surface area contributed by atoms with Gasteiger partial charge in [0.1, 0.15) is 11.6 Å². The summed E-state index contributed by atoms with van der Waals surface area (Å²) in [5.41, 5.74) is 4.56. The van der Waals surface area contributed by atoms with Crippen molar-refractivity contribution >= 4 is 11.5 Å². The molecule has 3 aromatic carbocycles. The third-order valence-corrected chi connectivity index (χ3v) is 5.44. The highest BCUT2D eigenvalue weighted by atomic mass is 19.1. The van der Waals surface area contributed by atoms with Crippen LogP contribution in [0, 0.1) is 12.7 Å². The van der Waals surface area contributed by atoms with Crippen LogP contribution in [-0.4, -0.2) is 22.7 Å². The van der Waals surface area contributed by atoms with E-state index in [4.69, 9.17) is 9.84 Å². The Hall–Kier alpha value is -3.47. The van der Waals surface area contributed by atoms with Crippen LogP contribution in [0.2, 0.25) is 0 Å². The summed E-state index contributed by atoms with van der Waals surface area (Å²) in [6.07, 6.45) is -0.195. The third-order valence-electron chi connectivity index (χ3n) is 5.44. The summed E-state index contributed by atoms with van der Waals surface area (Å²) in [7, 11) is 0. The minimum Gasteiger partial charge on any atom is -0.461 e. The number of Topliss-reactive ketones (excluding diaryl/α,β-unsaturated/α-hetero) is 1. The summed E-state index contributed by atoms with van der Waals surface area (Å²) >= 11 is 0. The van der Waals surface area contributed by atoms with Gasteiger partial charge < -0.3 is 4.74 Å². The molecule has 0 bridgehead atoms. The number of hydrazone groups is 1. The van der Waals surface area contributed by atoms with E-state index in [2.05, 4.69) is 24.3 Å². The molecule has 3 aromatic rings. The molecule has 29 heavy (non-hydrogen) atoms. The topological polar surface area (TPSA) is 41.9 Å². The second-order valence-electron chi connectivity index (χ2n) is 7.39. The molecule has 0 spiro atoms. The van der Waals surface area contributed by atoms with Crippen molar-refractivity contribution in [1.29, 1.82) is 0 Å². The molecule has 5 rings (SSSR count). The zero-order valence-electron chi connectivity index (χ0n) is 15.9. The SMILES string of the molecule is Cc1ccc(C2=NN3C(C(=O)c4ccc(F)cc4)Oc4ccccc4C3C2)cc1. The van der Waals surface area contributed by atoms with Crippen molar-refractivity contribution in [2.45, 2.75) is 25.6 Å². The molecule has 0 N–H and O–H groups in total. The maximum absolute atomic E-state index is 13.3. The van der Waals surface area contributed by atoms with Crippen molar-refractivity contribution < 1.29 is 13.9 Å². The Morgan fingerprint density at radius 3 is 2.52 bits per heavy atom. The number of aryl methyl sites for hydroxylation is 1. The smallest absolute Gasteiger partial charge is 0.251 e. The van der Waals surface area contributed by atoms with Gasteiger partial charge >= 0.3 is 0 Å². The minimum atomic E-state index is -0.886. The Morgan fingerprint density at radius 1 is 1.03 bits per heavy atom. The van der Waals surface area contributed by atoms with Gasteiger partial charge in [-0.2, -0.15) is 5.10 Å². The molecular weight excluding hydrogens is 367 g/mol. The van der Waals surface area contributed by atoms with E-state index >= 15 is 0 Å². The van der Waals surface area contributed by atoms with E-state index in [0.717, 1.165) is 16.8 Å². The number of hydrogen-bond donors (Lipinski definition) is 0. The molecule has 0 fully saturated rings. The van der Waals surface area contributed by atoms with Gasteiger partial charge in [0.2, 0.25) is 5.78 Å². The van der Waals surface area contributed by atoms with Crippen molar-refractivity contribution in [1.82, 2.24) is 5.01 Å². The summed E-state index contributed by atoms with van der Waals surface area (Å²) < 4.78 is 19.4. The Morgan fingerprint density at radius 2 is 1.76 bits per heavy atom. The van der Waals surface area contributed by atoms with Crippen LogP contribution in [0.5, 0.6) is 5.75 Å². The molecule has 0 aliphatic carbocycles. The first-order valence-corrected chi connectivity index (χ1v) is 9.58. The Bertz CT molecular complexity index is 1110. The molecule has 2 aliphatic heterocycles. The molecule has 4 nitrogen and oxygen atoms in total. The predicted molar refractivity (Wildman–Crippen MR) is 109 cm³/mol. The molecule has 0 aromatic heterocycles. The predicted octanol–water partition coefficient (Wildman–Crippen LogP) is 4.89. The normalized spacial score (nSPS) is 19.8. The number of halogens is 1. The van der Waals surface area contributed by atoms with Crippen molar-refractivity contribution in [2.75, 3.05) is 0 Å². The molecule has 144 valence electrons. The van der Waals surface area contributed by atoms with Crippen molar-refractivity contribution in [3.05, 3.63) is 101 Å². The number of fused-ring (bicyclic) bond motifs is 3. The number of carbonyl (C=O) groups excluding carboxylic acids is 1. The fourth-order valence-electron chi connectivity index (χ4n) is 3.88. The molecule has 0 amide bonds. The highest BCUT2D eigenvalue weighted by molar-refractivity contribution is 6.03.